The number of para-hydroxylation sites is 2. The Morgan fingerprint density at radius 3 is 1.46 bits per heavy atom. The van der Waals surface area contributed by atoms with Crippen molar-refractivity contribution in [3.8, 4) is 0 Å². The van der Waals surface area contributed by atoms with Gasteiger partial charge in [0.25, 0.3) is 0 Å². The van der Waals surface area contributed by atoms with E-state index < -0.39 is 0 Å². The Morgan fingerprint density at radius 1 is 0.610 bits per heavy atom. The van der Waals surface area contributed by atoms with Crippen molar-refractivity contribution < 1.29 is 18.1 Å². The molecule has 0 fully saturated rings. The second-order valence-corrected chi connectivity index (χ2v) is 21.1. The zero-order valence-corrected chi connectivity index (χ0v) is 39.7. The van der Waals surface area contributed by atoms with Gasteiger partial charge in [0.05, 0.1) is 77.4 Å². The second-order valence-electron chi connectivity index (χ2n) is 17.1. The molecule has 304 valence electrons. The van der Waals surface area contributed by atoms with E-state index >= 15 is 0 Å². The third-order valence-electron chi connectivity index (χ3n) is 11.5. The Balaban J connectivity index is 0.810. The number of fused-ring (bicyclic) bond motifs is 4. The maximum absolute atomic E-state index is 4.94. The molecule has 59 heavy (non-hydrogen) atoms. The molecule has 0 unspecified atom stereocenters. The Kier molecular flexibility index (Phi) is 12.4. The third kappa shape index (κ3) is 9.79. The lowest BCUT2D eigenvalue weighted by Crippen LogP contribution is -2.47. The first-order valence-electron chi connectivity index (χ1n) is 20.4. The molecule has 0 aliphatic carbocycles. The van der Waals surface area contributed by atoms with Gasteiger partial charge in [0.1, 0.15) is 21.8 Å². The summed E-state index contributed by atoms with van der Waals surface area (Å²) in [6, 6.07) is 21.9. The van der Waals surface area contributed by atoms with Crippen LogP contribution in [0.15, 0.2) is 107 Å². The van der Waals surface area contributed by atoms with Crippen molar-refractivity contribution in [2.24, 2.45) is 14.1 Å². The predicted octanol–water partition coefficient (Wildman–Crippen LogP) is 9.85. The number of hydrogen-bond donors (Lipinski definition) is 0. The number of aryl methyl sites for hydroxylation is 2. The van der Waals surface area contributed by atoms with Crippen LogP contribution in [0.2, 0.25) is 0 Å². The topological polar surface area (TPSA) is 40.0 Å². The van der Waals surface area contributed by atoms with Crippen LogP contribution in [0.5, 0.6) is 0 Å². The molecule has 0 saturated heterocycles. The summed E-state index contributed by atoms with van der Waals surface area (Å²) >= 11 is 10.7. The van der Waals surface area contributed by atoms with Crippen molar-refractivity contribution in [1.29, 1.82) is 0 Å². The molecule has 2 aromatic carbocycles. The highest BCUT2D eigenvalue weighted by Crippen LogP contribution is 2.37. The molecule has 0 spiro atoms. The molecule has 4 aromatic heterocycles. The summed E-state index contributed by atoms with van der Waals surface area (Å²) in [5.74, 6) is 0. The zero-order chi connectivity index (χ0) is 41.3. The SMILES string of the molecule is C[n+]1cc(Br)cc2sc(/C=C3\C=CN(CCC[N+](C)(C)CCC[N+](C)(C)CCCN4C=C/C(=C\c5nc6c(cc(Br)c[n+]6C)s5)c5ccccc54)c4ccccc43)nc21. The number of rotatable bonds is 14. The van der Waals surface area contributed by atoms with Gasteiger partial charge in [-0.15, -0.1) is 0 Å². The normalized spacial score (nSPS) is 15.6. The van der Waals surface area contributed by atoms with Crippen molar-refractivity contribution in [3.63, 3.8) is 0 Å². The van der Waals surface area contributed by atoms with Crippen LogP contribution in [0, 0.1) is 0 Å². The van der Waals surface area contributed by atoms with E-state index in [0.717, 1.165) is 78.2 Å². The summed E-state index contributed by atoms with van der Waals surface area (Å²) in [4.78, 5) is 14.7. The maximum atomic E-state index is 4.94. The fourth-order valence-electron chi connectivity index (χ4n) is 8.33. The lowest BCUT2D eigenvalue weighted by molar-refractivity contribution is -0.909. The molecule has 6 aromatic rings. The van der Waals surface area contributed by atoms with Gasteiger partial charge in [-0.2, -0.15) is 0 Å². The van der Waals surface area contributed by atoms with Crippen LogP contribution < -0.4 is 18.9 Å². The fourth-order valence-corrected chi connectivity index (χ4v) is 11.7. The largest absolute Gasteiger partial charge is 0.347 e. The first kappa shape index (κ1) is 41.7. The van der Waals surface area contributed by atoms with E-state index in [4.69, 9.17) is 9.97 Å². The van der Waals surface area contributed by atoms with E-state index in [9.17, 15) is 0 Å². The molecule has 12 heteroatoms. The molecule has 8 nitrogen and oxygen atoms in total. The number of aromatic nitrogens is 4. The molecule has 0 saturated carbocycles. The number of hydrogen-bond acceptors (Lipinski definition) is 6. The maximum Gasteiger partial charge on any atom is 0.342 e. The van der Waals surface area contributed by atoms with Gasteiger partial charge < -0.3 is 18.8 Å². The summed E-state index contributed by atoms with van der Waals surface area (Å²) in [5.41, 5.74) is 9.50. The van der Waals surface area contributed by atoms with Gasteiger partial charge in [0.15, 0.2) is 0 Å². The highest BCUT2D eigenvalue weighted by Gasteiger charge is 2.24. The monoisotopic (exact) mass is 952 g/mol. The lowest BCUT2D eigenvalue weighted by Gasteiger charge is -2.35. The molecule has 0 radical (unpaired) electrons. The molecule has 6 heterocycles. The number of anilines is 2. The second kappa shape index (κ2) is 17.5. The van der Waals surface area contributed by atoms with Gasteiger partial charge in [-0.3, -0.25) is 0 Å². The van der Waals surface area contributed by atoms with Gasteiger partial charge in [-0.05, 0) is 89.4 Å². The number of allylic oxidation sites excluding steroid dienone is 4. The van der Waals surface area contributed by atoms with Gasteiger partial charge >= 0.3 is 11.3 Å². The van der Waals surface area contributed by atoms with Crippen LogP contribution in [-0.2, 0) is 14.1 Å². The van der Waals surface area contributed by atoms with Crippen LogP contribution in [0.3, 0.4) is 0 Å². The highest BCUT2D eigenvalue weighted by atomic mass is 79.9. The van der Waals surface area contributed by atoms with Crippen LogP contribution in [0.25, 0.3) is 44.0 Å². The zero-order valence-electron chi connectivity index (χ0n) is 34.9. The molecular weight excluding hydrogens is 901 g/mol. The molecule has 2 aliphatic rings. The number of nitrogens with zero attached hydrogens (tertiary/aromatic N) is 8. The average Bonchev–Trinajstić information content (AvgIpc) is 3.80. The van der Waals surface area contributed by atoms with Crippen molar-refractivity contribution in [3.05, 3.63) is 128 Å². The average molecular weight is 955 g/mol. The first-order chi connectivity index (χ1) is 28.3. The summed E-state index contributed by atoms with van der Waals surface area (Å²) in [6.07, 6.45) is 21.1. The number of pyridine rings is 2. The summed E-state index contributed by atoms with van der Waals surface area (Å²) in [6.45, 7) is 6.65. The predicted molar refractivity (Wildman–Crippen MR) is 256 cm³/mol. The highest BCUT2D eigenvalue weighted by molar-refractivity contribution is 9.10. The number of quaternary nitrogens is 2. The molecule has 0 atom stereocenters. The minimum atomic E-state index is 0.999. The van der Waals surface area contributed by atoms with E-state index in [1.165, 1.54) is 62.6 Å². The van der Waals surface area contributed by atoms with Crippen LogP contribution in [-0.4, -0.2) is 86.4 Å². The molecule has 0 bridgehead atoms. The lowest BCUT2D eigenvalue weighted by atomic mass is 9.99. The molecule has 8 rings (SSSR count). The van der Waals surface area contributed by atoms with Gasteiger partial charge in [-0.1, -0.05) is 59.1 Å². The van der Waals surface area contributed by atoms with Crippen molar-refractivity contribution in [1.82, 2.24) is 9.97 Å². The first-order valence-corrected chi connectivity index (χ1v) is 23.6. The molecule has 2 aliphatic heterocycles. The van der Waals surface area contributed by atoms with Crippen molar-refractivity contribution in [2.75, 3.05) is 77.3 Å². The van der Waals surface area contributed by atoms with Crippen molar-refractivity contribution in [2.45, 2.75) is 19.3 Å². The summed E-state index contributed by atoms with van der Waals surface area (Å²) < 4.78 is 10.7. The van der Waals surface area contributed by atoms with E-state index in [1.54, 1.807) is 22.7 Å². The van der Waals surface area contributed by atoms with E-state index in [2.05, 4.69) is 189 Å². The summed E-state index contributed by atoms with van der Waals surface area (Å²) in [5, 5.41) is 2.05. The Hall–Kier alpha value is -4.04. The van der Waals surface area contributed by atoms with Gasteiger partial charge in [-0.25, -0.2) is 9.13 Å². The van der Waals surface area contributed by atoms with E-state index in [-0.39, 0.29) is 0 Å². The van der Waals surface area contributed by atoms with Gasteiger partial charge in [0, 0.05) is 79.4 Å². The smallest absolute Gasteiger partial charge is 0.342 e. The quantitative estimate of drug-likeness (QED) is 0.0806. The van der Waals surface area contributed by atoms with E-state index in [0.29, 0.717) is 0 Å². The number of halogens is 2. The molecule has 0 N–H and O–H groups in total. The van der Waals surface area contributed by atoms with Crippen molar-refractivity contribution >= 4 is 110 Å². The van der Waals surface area contributed by atoms with Crippen LogP contribution >= 0.6 is 54.5 Å². The minimum Gasteiger partial charge on any atom is -0.347 e. The molecule has 0 amide bonds. The molecular formula is C47H54Br2N8S2+4. The van der Waals surface area contributed by atoms with Crippen LogP contribution in [0.4, 0.5) is 11.4 Å². The Morgan fingerprint density at radius 2 is 1.02 bits per heavy atom. The fraction of sp³-hybridized carbons (Fsp3) is 0.319. The third-order valence-corrected chi connectivity index (χ3v) is 14.2. The number of benzene rings is 2. The van der Waals surface area contributed by atoms with Crippen LogP contribution in [0.1, 0.15) is 40.4 Å². The van der Waals surface area contributed by atoms with Gasteiger partial charge in [0.2, 0.25) is 10.0 Å². The van der Waals surface area contributed by atoms with E-state index in [1.807, 2.05) is 14.1 Å². The minimum absolute atomic E-state index is 0.999. The Labute approximate surface area is 373 Å². The number of thiazole rings is 2. The standard InChI is InChI=1S/C47H54Br2N8S2/c1-52-32-36(48)30-42-46(52)50-44(58-42)28-34-18-22-54(40-16-9-7-14-38(34)40)20-11-24-56(3,4)26-13-27-57(5,6)25-12-21-55-23-19-35(39-15-8-10-17-41(39)55)29-45-51-47-43(59-45)31-37(49)33-53(47)2/h7-10,14-19,22-23,28-33H,11-13,20-21,24-27H2,1-6H3/q+4. The summed E-state index contributed by atoms with van der Waals surface area (Å²) in [7, 11) is 13.7. The Bertz CT molecular complexity index is 2460.